The SMILES string of the molecule is CCCCCCCCCCCC[NH+](C)C(C)(C)c1ccccc1C.[Cl-]. The van der Waals surface area contributed by atoms with Crippen LogP contribution in [0.15, 0.2) is 24.3 Å². The topological polar surface area (TPSA) is 4.44 Å². The molecule has 0 aliphatic rings. The quantitative estimate of drug-likeness (QED) is 0.511. The number of halogens is 1. The second-order valence-corrected chi connectivity index (χ2v) is 8.15. The number of hydrogen-bond donors (Lipinski definition) is 1. The van der Waals surface area contributed by atoms with Crippen molar-refractivity contribution in [3.8, 4) is 0 Å². The van der Waals surface area contributed by atoms with Crippen LogP contribution in [0, 0.1) is 6.92 Å². The number of unbranched alkanes of at least 4 members (excludes halogenated alkanes) is 9. The van der Waals surface area contributed by atoms with Gasteiger partial charge in [-0.1, -0.05) is 82.6 Å². The molecule has 1 unspecified atom stereocenters. The summed E-state index contributed by atoms with van der Waals surface area (Å²) in [6.07, 6.45) is 14.2. The fourth-order valence-corrected chi connectivity index (χ4v) is 3.69. The van der Waals surface area contributed by atoms with Crippen LogP contribution < -0.4 is 17.3 Å². The Hall–Kier alpha value is -0.530. The third kappa shape index (κ3) is 9.11. The Morgan fingerprint density at radius 1 is 0.800 bits per heavy atom. The molecule has 1 atom stereocenters. The van der Waals surface area contributed by atoms with E-state index >= 15 is 0 Å². The van der Waals surface area contributed by atoms with Gasteiger partial charge in [-0.25, -0.2) is 0 Å². The van der Waals surface area contributed by atoms with Gasteiger partial charge in [0.25, 0.3) is 0 Å². The highest BCUT2D eigenvalue weighted by molar-refractivity contribution is 5.29. The molecule has 0 spiro atoms. The first-order valence-corrected chi connectivity index (χ1v) is 10.4. The summed E-state index contributed by atoms with van der Waals surface area (Å²) >= 11 is 0. The summed E-state index contributed by atoms with van der Waals surface area (Å²) in [7, 11) is 2.36. The van der Waals surface area contributed by atoms with Gasteiger partial charge in [0.15, 0.2) is 0 Å². The van der Waals surface area contributed by atoms with E-state index in [2.05, 4.69) is 59.0 Å². The molecule has 1 rings (SSSR count). The Kier molecular flexibility index (Phi) is 13.4. The predicted octanol–water partition coefficient (Wildman–Crippen LogP) is 2.67. The average molecular weight is 368 g/mol. The highest BCUT2D eigenvalue weighted by Gasteiger charge is 2.30. The van der Waals surface area contributed by atoms with Crippen molar-refractivity contribution in [1.29, 1.82) is 0 Å². The van der Waals surface area contributed by atoms with Crippen LogP contribution in [0.1, 0.15) is 96.1 Å². The lowest BCUT2D eigenvalue weighted by molar-refractivity contribution is -0.938. The molecule has 1 nitrogen and oxygen atoms in total. The van der Waals surface area contributed by atoms with Gasteiger partial charge in [-0.05, 0) is 39.2 Å². The summed E-state index contributed by atoms with van der Waals surface area (Å²) < 4.78 is 0. The smallest absolute Gasteiger partial charge is 0.118 e. The first-order chi connectivity index (χ1) is 11.5. The molecule has 0 fully saturated rings. The molecule has 2 heteroatoms. The minimum absolute atomic E-state index is 0. The summed E-state index contributed by atoms with van der Waals surface area (Å²) in [5.41, 5.74) is 3.12. The van der Waals surface area contributed by atoms with Crippen LogP contribution in [0.25, 0.3) is 0 Å². The lowest BCUT2D eigenvalue weighted by Crippen LogP contribution is -3.15. The zero-order valence-electron chi connectivity index (χ0n) is 17.5. The highest BCUT2D eigenvalue weighted by atomic mass is 35.5. The zero-order chi connectivity index (χ0) is 17.8. The minimum atomic E-state index is 0. The fourth-order valence-electron chi connectivity index (χ4n) is 3.69. The Balaban J connectivity index is 0.00000576. The standard InChI is InChI=1S/C23H41N.ClH/c1-6-7-8-9-10-11-12-13-14-17-20-24(5)23(3,4)22-19-16-15-18-21(22)2;/h15-16,18-19H,6-14,17,20H2,1-5H3;1H. The molecule has 25 heavy (non-hydrogen) atoms. The molecule has 0 heterocycles. The van der Waals surface area contributed by atoms with Crippen molar-refractivity contribution < 1.29 is 17.3 Å². The van der Waals surface area contributed by atoms with E-state index in [0.29, 0.717) is 0 Å². The van der Waals surface area contributed by atoms with E-state index in [9.17, 15) is 0 Å². The van der Waals surface area contributed by atoms with Gasteiger partial charge in [-0.15, -0.1) is 0 Å². The normalized spacial score (nSPS) is 12.7. The van der Waals surface area contributed by atoms with E-state index < -0.39 is 0 Å². The second kappa shape index (κ2) is 13.6. The third-order valence-corrected chi connectivity index (χ3v) is 5.79. The number of benzene rings is 1. The largest absolute Gasteiger partial charge is 1.00 e. The van der Waals surface area contributed by atoms with Crippen molar-refractivity contribution in [3.05, 3.63) is 35.4 Å². The van der Waals surface area contributed by atoms with Crippen molar-refractivity contribution >= 4 is 0 Å². The molecular weight excluding hydrogens is 326 g/mol. The summed E-state index contributed by atoms with van der Waals surface area (Å²) in [4.78, 5) is 1.64. The van der Waals surface area contributed by atoms with Crippen LogP contribution >= 0.6 is 0 Å². The Bertz CT molecular complexity index is 441. The minimum Gasteiger partial charge on any atom is -1.00 e. The molecule has 1 N–H and O–H groups in total. The van der Waals surface area contributed by atoms with Crippen LogP contribution in [0.4, 0.5) is 0 Å². The van der Waals surface area contributed by atoms with Crippen molar-refractivity contribution in [1.82, 2.24) is 0 Å². The molecular formula is C23H42ClN. The summed E-state index contributed by atoms with van der Waals surface area (Å²) in [5, 5.41) is 0. The lowest BCUT2D eigenvalue weighted by Gasteiger charge is -2.34. The first kappa shape index (κ1) is 24.5. The van der Waals surface area contributed by atoms with Gasteiger partial charge < -0.3 is 17.3 Å². The van der Waals surface area contributed by atoms with Gasteiger partial charge in [-0.2, -0.15) is 0 Å². The zero-order valence-corrected chi connectivity index (χ0v) is 18.2. The Labute approximate surface area is 164 Å². The molecule has 0 saturated carbocycles. The van der Waals surface area contributed by atoms with Crippen LogP contribution in [0.3, 0.4) is 0 Å². The molecule has 1 aromatic carbocycles. The van der Waals surface area contributed by atoms with E-state index in [-0.39, 0.29) is 17.9 Å². The van der Waals surface area contributed by atoms with Gasteiger partial charge in [0.1, 0.15) is 5.54 Å². The van der Waals surface area contributed by atoms with Gasteiger partial charge >= 0.3 is 0 Å². The molecule has 0 radical (unpaired) electrons. The second-order valence-electron chi connectivity index (χ2n) is 8.15. The molecule has 0 bridgehead atoms. The van der Waals surface area contributed by atoms with E-state index in [1.165, 1.54) is 81.9 Å². The van der Waals surface area contributed by atoms with Gasteiger partial charge in [0, 0.05) is 5.56 Å². The first-order valence-electron chi connectivity index (χ1n) is 10.4. The van der Waals surface area contributed by atoms with Crippen LogP contribution in [0.2, 0.25) is 0 Å². The molecule has 146 valence electrons. The maximum absolute atomic E-state index is 2.39. The van der Waals surface area contributed by atoms with Crippen LogP contribution in [-0.2, 0) is 5.54 Å². The van der Waals surface area contributed by atoms with Crippen molar-refractivity contribution in [2.45, 2.75) is 97.4 Å². The Morgan fingerprint density at radius 3 is 1.80 bits per heavy atom. The maximum atomic E-state index is 2.39. The molecule has 0 saturated heterocycles. The molecule has 0 aromatic heterocycles. The molecule has 0 aliphatic carbocycles. The number of rotatable bonds is 13. The van der Waals surface area contributed by atoms with Gasteiger partial charge in [-0.3, -0.25) is 0 Å². The number of nitrogens with one attached hydrogen (secondary N) is 1. The van der Waals surface area contributed by atoms with Gasteiger partial charge in [0.05, 0.1) is 13.6 Å². The number of hydrogen-bond acceptors (Lipinski definition) is 0. The lowest BCUT2D eigenvalue weighted by atomic mass is 9.89. The molecule has 0 amide bonds. The van der Waals surface area contributed by atoms with E-state index in [1.807, 2.05) is 0 Å². The fraction of sp³-hybridized carbons (Fsp3) is 0.739. The van der Waals surface area contributed by atoms with Crippen molar-refractivity contribution in [3.63, 3.8) is 0 Å². The van der Waals surface area contributed by atoms with Gasteiger partial charge in [0.2, 0.25) is 0 Å². The molecule has 1 aromatic rings. The summed E-state index contributed by atoms with van der Waals surface area (Å²) in [5.74, 6) is 0. The maximum Gasteiger partial charge on any atom is 0.118 e. The van der Waals surface area contributed by atoms with Crippen molar-refractivity contribution in [2.75, 3.05) is 13.6 Å². The van der Waals surface area contributed by atoms with E-state index in [0.717, 1.165) is 0 Å². The van der Waals surface area contributed by atoms with Crippen LogP contribution in [0.5, 0.6) is 0 Å². The van der Waals surface area contributed by atoms with Crippen LogP contribution in [-0.4, -0.2) is 13.6 Å². The average Bonchev–Trinajstić information content (AvgIpc) is 2.56. The highest BCUT2D eigenvalue weighted by Crippen LogP contribution is 2.20. The van der Waals surface area contributed by atoms with Crippen molar-refractivity contribution in [2.24, 2.45) is 0 Å². The predicted molar refractivity (Wildman–Crippen MR) is 108 cm³/mol. The van der Waals surface area contributed by atoms with E-state index in [1.54, 1.807) is 4.90 Å². The number of aryl methyl sites for hydroxylation is 1. The monoisotopic (exact) mass is 367 g/mol. The number of quaternary nitrogens is 1. The van der Waals surface area contributed by atoms with E-state index in [4.69, 9.17) is 0 Å². The third-order valence-electron chi connectivity index (χ3n) is 5.79. The summed E-state index contributed by atoms with van der Waals surface area (Å²) in [6.45, 7) is 10.6. The molecule has 0 aliphatic heterocycles. The summed E-state index contributed by atoms with van der Waals surface area (Å²) in [6, 6.07) is 8.87. The Morgan fingerprint density at radius 2 is 1.28 bits per heavy atom.